The van der Waals surface area contributed by atoms with Crippen LogP contribution in [-0.4, -0.2) is 23.1 Å². The predicted molar refractivity (Wildman–Crippen MR) is 74.4 cm³/mol. The highest BCUT2D eigenvalue weighted by atomic mass is 16.4. The van der Waals surface area contributed by atoms with Crippen molar-refractivity contribution >= 4 is 17.7 Å². The highest BCUT2D eigenvalue weighted by Crippen LogP contribution is 2.16. The van der Waals surface area contributed by atoms with Crippen molar-refractivity contribution in [3.8, 4) is 6.07 Å². The molecule has 1 atom stereocenters. The summed E-state index contributed by atoms with van der Waals surface area (Å²) in [5.74, 6) is -1.07. The summed E-state index contributed by atoms with van der Waals surface area (Å²) in [6.45, 7) is 3.63. The standard InChI is InChI=1S/C14H17N3O3/c1-3-4-11(13(18)19)16-14(20)17-12-7-10(8-15)6-5-9(12)2/h5-7,11H,3-4H2,1-2H3,(H,18,19)(H2,16,17,20)/t11-/m0/s1. The van der Waals surface area contributed by atoms with Gasteiger partial charge in [-0.3, -0.25) is 0 Å². The number of nitrogens with one attached hydrogen (secondary N) is 2. The third kappa shape index (κ3) is 4.28. The predicted octanol–water partition coefficient (Wildman–Crippen LogP) is 2.24. The Labute approximate surface area is 117 Å². The Bertz CT molecular complexity index is 549. The maximum Gasteiger partial charge on any atom is 0.326 e. The number of hydrogen-bond donors (Lipinski definition) is 3. The van der Waals surface area contributed by atoms with Gasteiger partial charge in [-0.15, -0.1) is 0 Å². The van der Waals surface area contributed by atoms with E-state index in [0.29, 0.717) is 24.1 Å². The zero-order valence-electron chi connectivity index (χ0n) is 11.4. The molecule has 20 heavy (non-hydrogen) atoms. The van der Waals surface area contributed by atoms with Crippen molar-refractivity contribution in [2.45, 2.75) is 32.7 Å². The van der Waals surface area contributed by atoms with E-state index >= 15 is 0 Å². The molecule has 1 aromatic carbocycles. The van der Waals surface area contributed by atoms with Crippen molar-refractivity contribution in [2.75, 3.05) is 5.32 Å². The molecule has 0 saturated carbocycles. The van der Waals surface area contributed by atoms with Crippen molar-refractivity contribution < 1.29 is 14.7 Å². The van der Waals surface area contributed by atoms with Gasteiger partial charge in [0.25, 0.3) is 0 Å². The summed E-state index contributed by atoms with van der Waals surface area (Å²) in [6, 6.07) is 5.38. The summed E-state index contributed by atoms with van der Waals surface area (Å²) >= 11 is 0. The fraction of sp³-hybridized carbons (Fsp3) is 0.357. The lowest BCUT2D eigenvalue weighted by Gasteiger charge is -2.15. The number of aliphatic carboxylic acids is 1. The molecule has 2 amide bonds. The van der Waals surface area contributed by atoms with Crippen LogP contribution < -0.4 is 10.6 Å². The van der Waals surface area contributed by atoms with Crippen molar-refractivity contribution in [3.05, 3.63) is 29.3 Å². The summed E-state index contributed by atoms with van der Waals surface area (Å²) in [5.41, 5.74) is 1.71. The molecule has 1 aromatic rings. The molecule has 1 rings (SSSR count). The Morgan fingerprint density at radius 3 is 2.70 bits per heavy atom. The molecule has 0 heterocycles. The second-order valence-electron chi connectivity index (χ2n) is 4.42. The number of carboxylic acid groups (broad SMARTS) is 1. The minimum Gasteiger partial charge on any atom is -0.480 e. The van der Waals surface area contributed by atoms with Crippen molar-refractivity contribution in [1.82, 2.24) is 5.32 Å². The normalized spacial score (nSPS) is 11.2. The maximum absolute atomic E-state index is 11.8. The number of urea groups is 1. The van der Waals surface area contributed by atoms with E-state index in [1.807, 2.05) is 13.0 Å². The number of hydrogen-bond acceptors (Lipinski definition) is 3. The van der Waals surface area contributed by atoms with Crippen molar-refractivity contribution in [1.29, 1.82) is 5.26 Å². The van der Waals surface area contributed by atoms with Crippen LogP contribution in [0.3, 0.4) is 0 Å². The number of carboxylic acids is 1. The van der Waals surface area contributed by atoms with Crippen LogP contribution in [0.2, 0.25) is 0 Å². The first-order chi connectivity index (χ1) is 9.47. The van der Waals surface area contributed by atoms with E-state index in [-0.39, 0.29) is 0 Å². The lowest BCUT2D eigenvalue weighted by molar-refractivity contribution is -0.139. The lowest BCUT2D eigenvalue weighted by Crippen LogP contribution is -2.43. The molecule has 0 saturated heterocycles. The minimum atomic E-state index is -1.07. The van der Waals surface area contributed by atoms with E-state index in [9.17, 15) is 9.59 Å². The molecule has 0 aliphatic carbocycles. The summed E-state index contributed by atoms with van der Waals surface area (Å²) in [6.07, 6.45) is 1.01. The van der Waals surface area contributed by atoms with Gasteiger partial charge in [0.05, 0.1) is 11.6 Å². The van der Waals surface area contributed by atoms with Gasteiger partial charge >= 0.3 is 12.0 Å². The van der Waals surface area contributed by atoms with Crippen LogP contribution in [0, 0.1) is 18.3 Å². The molecule has 0 aromatic heterocycles. The van der Waals surface area contributed by atoms with Crippen LogP contribution in [0.5, 0.6) is 0 Å². The van der Waals surface area contributed by atoms with E-state index in [1.54, 1.807) is 25.1 Å². The van der Waals surface area contributed by atoms with Crippen molar-refractivity contribution in [3.63, 3.8) is 0 Å². The first kappa shape index (κ1) is 15.5. The lowest BCUT2D eigenvalue weighted by atomic mass is 10.1. The van der Waals surface area contributed by atoms with Gasteiger partial charge in [0.15, 0.2) is 0 Å². The van der Waals surface area contributed by atoms with Crippen LogP contribution in [-0.2, 0) is 4.79 Å². The van der Waals surface area contributed by atoms with E-state index < -0.39 is 18.0 Å². The molecular formula is C14H17N3O3. The fourth-order valence-electron chi connectivity index (χ4n) is 1.69. The van der Waals surface area contributed by atoms with E-state index in [0.717, 1.165) is 5.56 Å². The van der Waals surface area contributed by atoms with E-state index in [4.69, 9.17) is 10.4 Å². The second-order valence-corrected chi connectivity index (χ2v) is 4.42. The number of carbonyl (C=O) groups excluding carboxylic acids is 1. The third-order valence-electron chi connectivity index (χ3n) is 2.80. The van der Waals surface area contributed by atoms with Crippen molar-refractivity contribution in [2.24, 2.45) is 0 Å². The van der Waals surface area contributed by atoms with E-state index in [2.05, 4.69) is 10.6 Å². The molecule has 0 spiro atoms. The van der Waals surface area contributed by atoms with E-state index in [1.165, 1.54) is 0 Å². The first-order valence-corrected chi connectivity index (χ1v) is 6.29. The number of amides is 2. The van der Waals surface area contributed by atoms with Gasteiger partial charge in [-0.05, 0) is 31.0 Å². The third-order valence-corrected chi connectivity index (χ3v) is 2.80. The quantitative estimate of drug-likeness (QED) is 0.766. The summed E-state index contributed by atoms with van der Waals surface area (Å²) in [5, 5.41) is 22.8. The highest BCUT2D eigenvalue weighted by molar-refractivity contribution is 5.93. The minimum absolute atomic E-state index is 0.361. The molecule has 0 fully saturated rings. The van der Waals surface area contributed by atoms with Gasteiger partial charge in [0.2, 0.25) is 0 Å². The molecule has 6 heteroatoms. The highest BCUT2D eigenvalue weighted by Gasteiger charge is 2.18. The Morgan fingerprint density at radius 2 is 2.15 bits per heavy atom. The Hall–Kier alpha value is -2.55. The number of nitrogens with zero attached hydrogens (tertiary/aromatic N) is 1. The van der Waals surface area contributed by atoms with Crippen LogP contribution in [0.4, 0.5) is 10.5 Å². The van der Waals surface area contributed by atoms with Gasteiger partial charge < -0.3 is 15.7 Å². The molecular weight excluding hydrogens is 258 g/mol. The van der Waals surface area contributed by atoms with Crippen LogP contribution in [0.25, 0.3) is 0 Å². The number of rotatable bonds is 5. The van der Waals surface area contributed by atoms with Crippen LogP contribution in [0.15, 0.2) is 18.2 Å². The number of benzene rings is 1. The van der Waals surface area contributed by atoms with Gasteiger partial charge in [-0.1, -0.05) is 19.4 Å². The Kier molecular flexibility index (Phi) is 5.54. The Morgan fingerprint density at radius 1 is 1.45 bits per heavy atom. The van der Waals surface area contributed by atoms with Gasteiger partial charge in [-0.25, -0.2) is 9.59 Å². The van der Waals surface area contributed by atoms with Gasteiger partial charge in [0.1, 0.15) is 6.04 Å². The molecule has 6 nitrogen and oxygen atoms in total. The molecule has 0 aliphatic rings. The smallest absolute Gasteiger partial charge is 0.326 e. The SMILES string of the molecule is CCC[C@H](NC(=O)Nc1cc(C#N)ccc1C)C(=O)O. The maximum atomic E-state index is 11.8. The van der Waals surface area contributed by atoms with Crippen LogP contribution >= 0.6 is 0 Å². The largest absolute Gasteiger partial charge is 0.480 e. The molecule has 0 radical (unpaired) electrons. The second kappa shape index (κ2) is 7.14. The average molecular weight is 275 g/mol. The summed E-state index contributed by atoms with van der Waals surface area (Å²) < 4.78 is 0. The number of nitriles is 1. The summed E-state index contributed by atoms with van der Waals surface area (Å²) in [7, 11) is 0. The molecule has 0 bridgehead atoms. The summed E-state index contributed by atoms with van der Waals surface area (Å²) in [4.78, 5) is 22.7. The zero-order valence-corrected chi connectivity index (χ0v) is 11.4. The first-order valence-electron chi connectivity index (χ1n) is 6.29. The number of anilines is 1. The monoisotopic (exact) mass is 275 g/mol. The fourth-order valence-corrected chi connectivity index (χ4v) is 1.69. The zero-order chi connectivity index (χ0) is 15.1. The molecule has 106 valence electrons. The topological polar surface area (TPSA) is 102 Å². The number of carbonyl (C=O) groups is 2. The molecule has 0 aliphatic heterocycles. The van der Waals surface area contributed by atoms with Gasteiger partial charge in [-0.2, -0.15) is 5.26 Å². The average Bonchev–Trinajstić information content (AvgIpc) is 2.40. The van der Waals surface area contributed by atoms with Crippen LogP contribution in [0.1, 0.15) is 30.9 Å². The number of aryl methyl sites for hydroxylation is 1. The molecule has 0 unspecified atom stereocenters. The van der Waals surface area contributed by atoms with Gasteiger partial charge in [0, 0.05) is 5.69 Å². The Balaban J connectivity index is 2.75. The molecule has 3 N–H and O–H groups in total.